The van der Waals surface area contributed by atoms with Gasteiger partial charge < -0.3 is 14.2 Å². The number of carbonyl (C=O) groups excluding carboxylic acids is 2. The molecule has 28 heavy (non-hydrogen) atoms. The highest BCUT2D eigenvalue weighted by molar-refractivity contribution is 7.91. The number of rotatable bonds is 7. The Morgan fingerprint density at radius 3 is 2.79 bits per heavy atom. The minimum absolute atomic E-state index is 0.0397. The number of fused-ring (bicyclic) bond motifs is 1. The van der Waals surface area contributed by atoms with Crippen LogP contribution in [-0.2, 0) is 30.6 Å². The van der Waals surface area contributed by atoms with Gasteiger partial charge in [-0.3, -0.25) is 9.59 Å². The Balaban J connectivity index is 1.61. The van der Waals surface area contributed by atoms with Gasteiger partial charge in [-0.25, -0.2) is 8.42 Å². The number of para-hydroxylation sites is 1. The lowest BCUT2D eigenvalue weighted by molar-refractivity contribution is -0.153. The first kappa shape index (κ1) is 20.3. The number of aromatic nitrogens is 1. The first-order valence-corrected chi connectivity index (χ1v) is 11.1. The summed E-state index contributed by atoms with van der Waals surface area (Å²) in [5.41, 5.74) is 1.03. The number of ether oxygens (including phenoxy) is 1. The van der Waals surface area contributed by atoms with Crippen molar-refractivity contribution in [3.63, 3.8) is 0 Å². The van der Waals surface area contributed by atoms with Gasteiger partial charge in [0.2, 0.25) is 0 Å². The van der Waals surface area contributed by atoms with Crippen molar-refractivity contribution in [3.8, 4) is 0 Å². The quantitative estimate of drug-likeness (QED) is 0.642. The van der Waals surface area contributed by atoms with Crippen molar-refractivity contribution in [1.82, 2.24) is 10.1 Å². The van der Waals surface area contributed by atoms with Crippen LogP contribution in [0.3, 0.4) is 0 Å². The third-order valence-electron chi connectivity index (χ3n) is 5.08. The van der Waals surface area contributed by atoms with Crippen LogP contribution in [0.1, 0.15) is 32.4 Å². The summed E-state index contributed by atoms with van der Waals surface area (Å²) in [6, 6.07) is 6.67. The van der Waals surface area contributed by atoms with Crippen LogP contribution in [0.25, 0.3) is 11.0 Å². The number of esters is 1. The van der Waals surface area contributed by atoms with Gasteiger partial charge in [0.15, 0.2) is 22.0 Å². The van der Waals surface area contributed by atoms with E-state index in [9.17, 15) is 18.0 Å². The zero-order valence-electron chi connectivity index (χ0n) is 16.0. The summed E-state index contributed by atoms with van der Waals surface area (Å²) >= 11 is 0. The fourth-order valence-electron chi connectivity index (χ4n) is 3.47. The molecule has 8 nitrogen and oxygen atoms in total. The molecular weight excluding hydrogens is 384 g/mol. The molecule has 0 unspecified atom stereocenters. The summed E-state index contributed by atoms with van der Waals surface area (Å²) in [4.78, 5) is 26.4. The molecule has 1 fully saturated rings. The van der Waals surface area contributed by atoms with Gasteiger partial charge in [0, 0.05) is 17.5 Å². The highest BCUT2D eigenvalue weighted by atomic mass is 32.2. The molecule has 0 N–H and O–H groups in total. The minimum atomic E-state index is -3.12. The standard InChI is InChI=1S/C19H24N2O6S/c1-3-13(2)21(14-8-9-28(24,25)12-14)18(22)11-26-19(23)10-16-15-6-4-5-7-17(15)27-20-16/h4-7,13-14H,3,8-12H2,1-2H3/t13-,14+/m1/s1. The molecule has 1 aromatic carbocycles. The fourth-order valence-corrected chi connectivity index (χ4v) is 5.18. The van der Waals surface area contributed by atoms with Crippen LogP contribution in [0.2, 0.25) is 0 Å². The maximum absolute atomic E-state index is 12.7. The van der Waals surface area contributed by atoms with E-state index in [-0.39, 0.29) is 35.9 Å². The number of benzene rings is 1. The smallest absolute Gasteiger partial charge is 0.312 e. The van der Waals surface area contributed by atoms with Gasteiger partial charge in [0.1, 0.15) is 5.69 Å². The van der Waals surface area contributed by atoms with E-state index in [2.05, 4.69) is 5.16 Å². The summed E-state index contributed by atoms with van der Waals surface area (Å²) in [6.07, 6.45) is 0.990. The predicted octanol–water partition coefficient (Wildman–Crippen LogP) is 1.73. The fraction of sp³-hybridized carbons (Fsp3) is 0.526. The Kier molecular flexibility index (Phi) is 6.02. The molecule has 9 heteroatoms. The molecule has 0 aliphatic carbocycles. The third-order valence-corrected chi connectivity index (χ3v) is 6.83. The van der Waals surface area contributed by atoms with E-state index < -0.39 is 22.4 Å². The van der Waals surface area contributed by atoms with E-state index in [0.29, 0.717) is 24.1 Å². The number of hydrogen-bond acceptors (Lipinski definition) is 7. The van der Waals surface area contributed by atoms with Crippen LogP contribution >= 0.6 is 0 Å². The zero-order chi connectivity index (χ0) is 20.3. The van der Waals surface area contributed by atoms with Crippen molar-refractivity contribution < 1.29 is 27.3 Å². The number of hydrogen-bond donors (Lipinski definition) is 0. The SMILES string of the molecule is CC[C@@H](C)N(C(=O)COC(=O)Cc1noc2ccccc12)[C@H]1CCS(=O)(=O)C1. The Hall–Kier alpha value is -2.42. The van der Waals surface area contributed by atoms with Gasteiger partial charge in [-0.05, 0) is 31.9 Å². The second-order valence-electron chi connectivity index (χ2n) is 7.08. The summed E-state index contributed by atoms with van der Waals surface area (Å²) in [6.45, 7) is 3.37. The molecule has 1 amide bonds. The summed E-state index contributed by atoms with van der Waals surface area (Å²) in [5.74, 6) is -0.927. The van der Waals surface area contributed by atoms with Crippen molar-refractivity contribution in [2.24, 2.45) is 0 Å². The Morgan fingerprint density at radius 2 is 2.11 bits per heavy atom. The molecule has 0 saturated carbocycles. The molecule has 1 aliphatic rings. The van der Waals surface area contributed by atoms with Gasteiger partial charge in [0.25, 0.3) is 5.91 Å². The van der Waals surface area contributed by atoms with Gasteiger partial charge >= 0.3 is 5.97 Å². The molecular formula is C19H24N2O6S. The second-order valence-corrected chi connectivity index (χ2v) is 9.31. The lowest BCUT2D eigenvalue weighted by Crippen LogP contribution is -2.48. The number of carbonyl (C=O) groups is 2. The molecule has 1 saturated heterocycles. The van der Waals surface area contributed by atoms with Crippen LogP contribution in [-0.4, -0.2) is 60.5 Å². The molecule has 1 aliphatic heterocycles. The third kappa shape index (κ3) is 4.52. The van der Waals surface area contributed by atoms with Crippen molar-refractivity contribution in [3.05, 3.63) is 30.0 Å². The molecule has 0 spiro atoms. The van der Waals surface area contributed by atoms with Crippen molar-refractivity contribution >= 4 is 32.7 Å². The van der Waals surface area contributed by atoms with Crippen LogP contribution in [0.15, 0.2) is 28.8 Å². The van der Waals surface area contributed by atoms with Crippen molar-refractivity contribution in [1.29, 1.82) is 0 Å². The summed E-state index contributed by atoms with van der Waals surface area (Å²) in [7, 11) is -3.12. The Labute approximate surface area is 163 Å². The molecule has 2 atom stereocenters. The van der Waals surface area contributed by atoms with Crippen LogP contribution in [0, 0.1) is 0 Å². The largest absolute Gasteiger partial charge is 0.455 e. The first-order chi connectivity index (χ1) is 13.3. The van der Waals surface area contributed by atoms with Gasteiger partial charge in [-0.1, -0.05) is 24.2 Å². The number of nitrogens with zero attached hydrogens (tertiary/aromatic N) is 2. The maximum atomic E-state index is 12.7. The topological polar surface area (TPSA) is 107 Å². The monoisotopic (exact) mass is 408 g/mol. The molecule has 152 valence electrons. The maximum Gasteiger partial charge on any atom is 0.312 e. The van der Waals surface area contributed by atoms with E-state index in [1.807, 2.05) is 19.9 Å². The second kappa shape index (κ2) is 8.30. The zero-order valence-corrected chi connectivity index (χ0v) is 16.8. The average molecular weight is 408 g/mol. The number of sulfone groups is 1. The summed E-state index contributed by atoms with van der Waals surface area (Å²) in [5, 5.41) is 4.61. The first-order valence-electron chi connectivity index (χ1n) is 9.31. The molecule has 1 aromatic heterocycles. The molecule has 0 radical (unpaired) electrons. The van der Waals surface area contributed by atoms with Crippen LogP contribution in [0.5, 0.6) is 0 Å². The van der Waals surface area contributed by atoms with Crippen molar-refractivity contribution in [2.45, 2.75) is 45.2 Å². The summed E-state index contributed by atoms with van der Waals surface area (Å²) < 4.78 is 33.9. The predicted molar refractivity (Wildman–Crippen MR) is 102 cm³/mol. The van der Waals surface area contributed by atoms with E-state index in [1.54, 1.807) is 23.1 Å². The van der Waals surface area contributed by atoms with Gasteiger partial charge in [0.05, 0.1) is 17.9 Å². The highest BCUT2D eigenvalue weighted by Gasteiger charge is 2.36. The Bertz CT molecular complexity index is 968. The Morgan fingerprint density at radius 1 is 1.36 bits per heavy atom. The van der Waals surface area contributed by atoms with E-state index >= 15 is 0 Å². The normalized spacial score (nSPS) is 19.4. The van der Waals surface area contributed by atoms with Gasteiger partial charge in [-0.15, -0.1) is 0 Å². The van der Waals surface area contributed by atoms with Crippen molar-refractivity contribution in [2.75, 3.05) is 18.1 Å². The molecule has 0 bridgehead atoms. The minimum Gasteiger partial charge on any atom is -0.455 e. The molecule has 2 heterocycles. The van der Waals surface area contributed by atoms with Crippen LogP contribution in [0.4, 0.5) is 0 Å². The average Bonchev–Trinajstić information content (AvgIpc) is 3.23. The van der Waals surface area contributed by atoms with Gasteiger partial charge in [-0.2, -0.15) is 0 Å². The lowest BCUT2D eigenvalue weighted by Gasteiger charge is -2.33. The molecule has 2 aromatic rings. The van der Waals surface area contributed by atoms with E-state index in [4.69, 9.17) is 9.26 Å². The highest BCUT2D eigenvalue weighted by Crippen LogP contribution is 2.22. The van der Waals surface area contributed by atoms with E-state index in [0.717, 1.165) is 5.39 Å². The lowest BCUT2D eigenvalue weighted by atomic mass is 10.1. The van der Waals surface area contributed by atoms with E-state index in [1.165, 1.54) is 0 Å². The molecule has 3 rings (SSSR count). The number of amides is 1. The van der Waals surface area contributed by atoms with Crippen LogP contribution < -0.4 is 0 Å².